The average Bonchev–Trinajstić information content (AvgIpc) is 3.08. The van der Waals surface area contributed by atoms with Crippen molar-refractivity contribution in [1.82, 2.24) is 14.8 Å². The number of amides is 3. The van der Waals surface area contributed by atoms with E-state index >= 15 is 0 Å². The van der Waals surface area contributed by atoms with E-state index in [0.717, 1.165) is 34.8 Å². The smallest absolute Gasteiger partial charge is 0.325 e. The Morgan fingerprint density at radius 1 is 1.10 bits per heavy atom. The Hall–Kier alpha value is -2.89. The molecule has 1 saturated heterocycles. The van der Waals surface area contributed by atoms with Gasteiger partial charge in [-0.05, 0) is 51.7 Å². The van der Waals surface area contributed by atoms with E-state index in [1.165, 1.54) is 0 Å². The lowest BCUT2D eigenvalue weighted by molar-refractivity contribution is -0.130. The molecule has 2 heterocycles. The highest BCUT2D eigenvalue weighted by Crippen LogP contribution is 2.29. The van der Waals surface area contributed by atoms with Crippen LogP contribution < -0.4 is 5.32 Å². The molecule has 1 atom stereocenters. The molecule has 6 nitrogen and oxygen atoms in total. The Morgan fingerprint density at radius 2 is 1.73 bits per heavy atom. The summed E-state index contributed by atoms with van der Waals surface area (Å²) in [5.41, 5.74) is 3.07. The molecule has 1 aromatic heterocycles. The summed E-state index contributed by atoms with van der Waals surface area (Å²) < 4.78 is 2.13. The van der Waals surface area contributed by atoms with Crippen LogP contribution in [0.4, 0.5) is 4.79 Å². The van der Waals surface area contributed by atoms with Crippen LogP contribution in [0.25, 0.3) is 0 Å². The molecule has 6 heteroatoms. The van der Waals surface area contributed by atoms with Crippen LogP contribution in [0.3, 0.4) is 0 Å². The molecule has 3 amide bonds. The number of aromatic nitrogens is 1. The van der Waals surface area contributed by atoms with E-state index in [1.807, 2.05) is 51.1 Å². The molecule has 2 aromatic rings. The van der Waals surface area contributed by atoms with Gasteiger partial charge in [-0.15, -0.1) is 0 Å². The average molecular weight is 410 g/mol. The molecule has 0 saturated carbocycles. The van der Waals surface area contributed by atoms with Crippen LogP contribution in [0.5, 0.6) is 0 Å². The van der Waals surface area contributed by atoms with E-state index < -0.39 is 17.5 Å². The lowest BCUT2D eigenvalue weighted by Crippen LogP contribution is -2.41. The zero-order chi connectivity index (χ0) is 22.2. The molecule has 0 bridgehead atoms. The molecular formula is C24H31N3O3. The number of aryl methyl sites for hydroxylation is 2. The normalized spacial score (nSPS) is 19.0. The van der Waals surface area contributed by atoms with Crippen molar-refractivity contribution in [2.75, 3.05) is 6.54 Å². The van der Waals surface area contributed by atoms with Gasteiger partial charge in [-0.25, -0.2) is 4.79 Å². The second kappa shape index (κ2) is 8.09. The molecule has 3 rings (SSSR count). The van der Waals surface area contributed by atoms with Crippen molar-refractivity contribution in [2.24, 2.45) is 5.92 Å². The molecule has 1 fully saturated rings. The number of urea groups is 1. The first-order valence-corrected chi connectivity index (χ1v) is 10.5. The molecule has 30 heavy (non-hydrogen) atoms. The summed E-state index contributed by atoms with van der Waals surface area (Å²) in [6, 6.07) is 8.79. The summed E-state index contributed by atoms with van der Waals surface area (Å²) in [6.45, 7) is 12.5. The highest BCUT2D eigenvalue weighted by atomic mass is 16.2. The number of ketones is 1. The fraction of sp³-hybridized carbons (Fsp3) is 0.458. The van der Waals surface area contributed by atoms with Gasteiger partial charge in [0.15, 0.2) is 5.78 Å². The summed E-state index contributed by atoms with van der Waals surface area (Å²) in [5.74, 6) is -0.0652. The first-order chi connectivity index (χ1) is 14.0. The van der Waals surface area contributed by atoms with Crippen LogP contribution in [0.1, 0.15) is 60.1 Å². The minimum Gasteiger partial charge on any atom is -0.348 e. The topological polar surface area (TPSA) is 71.4 Å². The van der Waals surface area contributed by atoms with Crippen molar-refractivity contribution in [2.45, 2.75) is 60.0 Å². The highest BCUT2D eigenvalue weighted by molar-refractivity contribution is 6.11. The molecule has 1 aromatic carbocycles. The molecule has 160 valence electrons. The van der Waals surface area contributed by atoms with Gasteiger partial charge in [0.25, 0.3) is 5.91 Å². The van der Waals surface area contributed by atoms with Crippen LogP contribution in [0.15, 0.2) is 30.3 Å². The quantitative estimate of drug-likeness (QED) is 0.553. The third kappa shape index (κ3) is 3.91. The van der Waals surface area contributed by atoms with Gasteiger partial charge in [0, 0.05) is 23.5 Å². The van der Waals surface area contributed by atoms with Gasteiger partial charge < -0.3 is 9.88 Å². The number of carbonyl (C=O) groups excluding carboxylic acids is 3. The summed E-state index contributed by atoms with van der Waals surface area (Å²) in [4.78, 5) is 39.7. The maximum absolute atomic E-state index is 13.1. The number of hydrogen-bond acceptors (Lipinski definition) is 3. The van der Waals surface area contributed by atoms with Gasteiger partial charge in [-0.1, -0.05) is 43.7 Å². The van der Waals surface area contributed by atoms with Crippen molar-refractivity contribution >= 4 is 17.7 Å². The number of benzene rings is 1. The zero-order valence-corrected chi connectivity index (χ0v) is 18.7. The van der Waals surface area contributed by atoms with Crippen LogP contribution in [0.2, 0.25) is 0 Å². The lowest BCUT2D eigenvalue weighted by atomic mass is 9.91. The summed E-state index contributed by atoms with van der Waals surface area (Å²) in [7, 11) is 0. The van der Waals surface area contributed by atoms with Crippen molar-refractivity contribution in [3.8, 4) is 0 Å². The molecule has 1 unspecified atom stereocenters. The number of imide groups is 1. The first kappa shape index (κ1) is 21.8. The van der Waals surface area contributed by atoms with Crippen LogP contribution in [-0.4, -0.2) is 33.7 Å². The van der Waals surface area contributed by atoms with Gasteiger partial charge in [0.1, 0.15) is 5.54 Å². The van der Waals surface area contributed by atoms with Gasteiger partial charge in [0.05, 0.1) is 6.54 Å². The summed E-state index contributed by atoms with van der Waals surface area (Å²) in [6.07, 6.45) is 1.02. The van der Waals surface area contributed by atoms with E-state index in [4.69, 9.17) is 0 Å². The number of nitrogens with zero attached hydrogens (tertiary/aromatic N) is 2. The Morgan fingerprint density at radius 3 is 2.33 bits per heavy atom. The Labute approximate surface area is 178 Å². The predicted octanol–water partition coefficient (Wildman–Crippen LogP) is 4.11. The number of rotatable bonds is 7. The fourth-order valence-corrected chi connectivity index (χ4v) is 3.97. The Balaban J connectivity index is 1.80. The zero-order valence-electron chi connectivity index (χ0n) is 18.7. The molecule has 0 aliphatic carbocycles. The second-order valence-corrected chi connectivity index (χ2v) is 8.85. The minimum atomic E-state index is -1.17. The van der Waals surface area contributed by atoms with E-state index in [-0.39, 0.29) is 12.3 Å². The lowest BCUT2D eigenvalue weighted by Gasteiger charge is -2.22. The SMILES string of the molecule is Cc1ccc(C2(C)NC(=O)N(CC(=O)c3cc(C)n(CCC(C)C)c3C)C2=O)cc1. The number of nitrogens with one attached hydrogen (secondary N) is 1. The Kier molecular flexibility index (Phi) is 5.88. The highest BCUT2D eigenvalue weighted by Gasteiger charge is 2.49. The van der Waals surface area contributed by atoms with Crippen LogP contribution in [0, 0.1) is 26.7 Å². The van der Waals surface area contributed by atoms with E-state index in [2.05, 4.69) is 23.7 Å². The van der Waals surface area contributed by atoms with E-state index in [1.54, 1.807) is 6.92 Å². The molecular weight excluding hydrogens is 378 g/mol. The van der Waals surface area contributed by atoms with Crippen molar-refractivity contribution in [1.29, 1.82) is 0 Å². The Bertz CT molecular complexity index is 988. The largest absolute Gasteiger partial charge is 0.348 e. The fourth-order valence-electron chi connectivity index (χ4n) is 3.97. The number of hydrogen-bond donors (Lipinski definition) is 1. The second-order valence-electron chi connectivity index (χ2n) is 8.85. The van der Waals surface area contributed by atoms with E-state index in [0.29, 0.717) is 17.0 Å². The van der Waals surface area contributed by atoms with E-state index in [9.17, 15) is 14.4 Å². The number of Topliss-reactive ketones (excluding diaryl/α,β-unsaturated/α-hetero) is 1. The van der Waals surface area contributed by atoms with Crippen molar-refractivity contribution < 1.29 is 14.4 Å². The minimum absolute atomic E-state index is 0.226. The van der Waals surface area contributed by atoms with Gasteiger partial charge in [-0.3, -0.25) is 14.5 Å². The summed E-state index contributed by atoms with van der Waals surface area (Å²) >= 11 is 0. The standard InChI is InChI=1S/C24H31N3O3/c1-15(2)11-12-26-17(4)13-20(18(26)5)21(28)14-27-22(29)24(6,25-23(27)30)19-9-7-16(3)8-10-19/h7-10,13,15H,11-12,14H2,1-6H3,(H,25,30). The molecule has 0 radical (unpaired) electrons. The van der Waals surface area contributed by atoms with Gasteiger partial charge >= 0.3 is 6.03 Å². The third-order valence-corrected chi connectivity index (χ3v) is 6.01. The van der Waals surface area contributed by atoms with Gasteiger partial charge in [0.2, 0.25) is 0 Å². The monoisotopic (exact) mass is 409 g/mol. The molecule has 1 aliphatic rings. The molecule has 0 spiro atoms. The van der Waals surface area contributed by atoms with Crippen molar-refractivity contribution in [3.05, 3.63) is 58.4 Å². The third-order valence-electron chi connectivity index (χ3n) is 6.01. The van der Waals surface area contributed by atoms with Crippen LogP contribution in [-0.2, 0) is 16.9 Å². The molecule has 1 N–H and O–H groups in total. The maximum Gasteiger partial charge on any atom is 0.325 e. The maximum atomic E-state index is 13.1. The molecule has 1 aliphatic heterocycles. The van der Waals surface area contributed by atoms with Crippen molar-refractivity contribution in [3.63, 3.8) is 0 Å². The number of carbonyl (C=O) groups is 3. The van der Waals surface area contributed by atoms with Crippen LogP contribution >= 0.6 is 0 Å². The summed E-state index contributed by atoms with van der Waals surface area (Å²) in [5, 5.41) is 2.77. The predicted molar refractivity (Wildman–Crippen MR) is 116 cm³/mol. The first-order valence-electron chi connectivity index (χ1n) is 10.5. The van der Waals surface area contributed by atoms with Gasteiger partial charge in [-0.2, -0.15) is 0 Å².